The summed E-state index contributed by atoms with van der Waals surface area (Å²) in [6.45, 7) is 4.88. The van der Waals surface area contributed by atoms with Crippen LogP contribution in [0.15, 0.2) is 47.4 Å². The Morgan fingerprint density at radius 1 is 1.06 bits per heavy atom. The monoisotopic (exact) mass is 474 g/mol. The summed E-state index contributed by atoms with van der Waals surface area (Å²) >= 11 is 5.91. The van der Waals surface area contributed by atoms with Crippen LogP contribution in [-0.2, 0) is 16.2 Å². The van der Waals surface area contributed by atoms with Gasteiger partial charge in [-0.1, -0.05) is 25.4 Å². The number of carbonyl (C=O) groups excluding carboxylic acids is 1. The molecule has 0 radical (unpaired) electrons. The zero-order chi connectivity index (χ0) is 23.0. The number of halogens is 4. The number of nitrogens with one attached hydrogen (secondary N) is 1. The van der Waals surface area contributed by atoms with Gasteiger partial charge in [-0.25, -0.2) is 8.42 Å². The highest BCUT2D eigenvalue weighted by Gasteiger charge is 2.32. The summed E-state index contributed by atoms with van der Waals surface area (Å²) in [4.78, 5) is 12.5. The molecule has 1 heterocycles. The molecule has 10 heteroatoms. The quantitative estimate of drug-likeness (QED) is 0.655. The predicted molar refractivity (Wildman–Crippen MR) is 113 cm³/mol. The summed E-state index contributed by atoms with van der Waals surface area (Å²) in [5.74, 6) is -0.202. The maximum Gasteiger partial charge on any atom is 0.416 e. The van der Waals surface area contributed by atoms with Crippen molar-refractivity contribution in [3.63, 3.8) is 0 Å². The van der Waals surface area contributed by atoms with Crippen molar-refractivity contribution in [1.82, 2.24) is 4.31 Å². The molecule has 1 amide bonds. The number of piperidine rings is 1. The van der Waals surface area contributed by atoms with Gasteiger partial charge in [0.15, 0.2) is 0 Å². The average molecular weight is 475 g/mol. The van der Waals surface area contributed by atoms with Crippen molar-refractivity contribution in [2.45, 2.75) is 31.3 Å². The molecule has 0 spiro atoms. The normalized spacial score (nSPS) is 20.5. The molecule has 0 aromatic heterocycles. The molecule has 0 saturated carbocycles. The third-order valence-electron chi connectivity index (χ3n) is 5.13. The van der Waals surface area contributed by atoms with Gasteiger partial charge in [0.25, 0.3) is 5.91 Å². The molecule has 1 aliphatic heterocycles. The van der Waals surface area contributed by atoms with E-state index in [1.807, 2.05) is 13.8 Å². The fraction of sp³-hybridized carbons (Fsp3) is 0.381. The summed E-state index contributed by atoms with van der Waals surface area (Å²) in [5, 5.41) is 2.29. The molecule has 3 rings (SSSR count). The first-order valence-corrected chi connectivity index (χ1v) is 11.5. The van der Waals surface area contributed by atoms with Crippen molar-refractivity contribution in [3.05, 3.63) is 58.6 Å². The zero-order valence-electron chi connectivity index (χ0n) is 16.9. The number of rotatable bonds is 4. The second-order valence-electron chi connectivity index (χ2n) is 7.94. The maximum absolute atomic E-state index is 12.9. The molecule has 1 N–H and O–H groups in total. The van der Waals surface area contributed by atoms with Crippen LogP contribution < -0.4 is 5.32 Å². The minimum atomic E-state index is -4.58. The van der Waals surface area contributed by atoms with Crippen LogP contribution in [0.1, 0.15) is 36.2 Å². The lowest BCUT2D eigenvalue weighted by atomic mass is 9.94. The highest BCUT2D eigenvalue weighted by Crippen LogP contribution is 2.34. The largest absolute Gasteiger partial charge is 0.416 e. The van der Waals surface area contributed by atoms with E-state index in [1.54, 1.807) is 0 Å². The van der Waals surface area contributed by atoms with Crippen molar-refractivity contribution < 1.29 is 26.4 Å². The van der Waals surface area contributed by atoms with Crippen LogP contribution in [0.2, 0.25) is 5.02 Å². The SMILES string of the molecule is CC1CC(C)CN(S(=O)(=O)c2ccc(C(=O)Nc3cc(C(F)(F)F)ccc3Cl)cc2)C1. The third kappa shape index (κ3) is 5.39. The molecule has 2 atom stereocenters. The highest BCUT2D eigenvalue weighted by molar-refractivity contribution is 7.89. The fourth-order valence-electron chi connectivity index (χ4n) is 3.72. The van der Waals surface area contributed by atoms with Crippen molar-refractivity contribution in [2.24, 2.45) is 11.8 Å². The lowest BCUT2D eigenvalue weighted by Crippen LogP contribution is -2.42. The van der Waals surface area contributed by atoms with E-state index in [2.05, 4.69) is 5.32 Å². The van der Waals surface area contributed by atoms with Crippen molar-refractivity contribution >= 4 is 33.2 Å². The summed E-state index contributed by atoms with van der Waals surface area (Å²) in [6, 6.07) is 7.90. The minimum absolute atomic E-state index is 0.0473. The van der Waals surface area contributed by atoms with Gasteiger partial charge in [-0.05, 0) is 60.7 Å². The number of benzene rings is 2. The standard InChI is InChI=1S/C21H22ClF3N2O3S/c1-13-9-14(2)12-27(11-13)31(29,30)17-6-3-15(4-7-17)20(28)26-19-10-16(21(23,24)25)5-8-18(19)22/h3-8,10,13-14H,9,11-12H2,1-2H3,(H,26,28). The Morgan fingerprint density at radius 3 is 2.19 bits per heavy atom. The number of hydrogen-bond donors (Lipinski definition) is 1. The van der Waals surface area contributed by atoms with Gasteiger partial charge in [0.05, 0.1) is 21.2 Å². The third-order valence-corrected chi connectivity index (χ3v) is 7.31. The first kappa shape index (κ1) is 23.6. The number of carbonyl (C=O) groups is 1. The second kappa shape index (κ2) is 8.80. The van der Waals surface area contributed by atoms with E-state index in [4.69, 9.17) is 11.6 Å². The molecule has 31 heavy (non-hydrogen) atoms. The van der Waals surface area contributed by atoms with Gasteiger partial charge >= 0.3 is 6.18 Å². The summed E-state index contributed by atoms with van der Waals surface area (Å²) in [6.07, 6.45) is -3.62. The Balaban J connectivity index is 1.78. The van der Waals surface area contributed by atoms with E-state index < -0.39 is 27.7 Å². The van der Waals surface area contributed by atoms with E-state index in [0.717, 1.165) is 24.6 Å². The van der Waals surface area contributed by atoms with Crippen LogP contribution >= 0.6 is 11.6 Å². The Labute approximate surface area is 184 Å². The molecule has 1 saturated heterocycles. The van der Waals surface area contributed by atoms with Gasteiger partial charge < -0.3 is 5.32 Å². The number of anilines is 1. The van der Waals surface area contributed by atoms with Crippen molar-refractivity contribution in [2.75, 3.05) is 18.4 Å². The molecule has 2 unspecified atom stereocenters. The van der Waals surface area contributed by atoms with Gasteiger partial charge in [-0.3, -0.25) is 4.79 Å². The van der Waals surface area contributed by atoms with Crippen LogP contribution in [-0.4, -0.2) is 31.7 Å². The van der Waals surface area contributed by atoms with Crippen LogP contribution in [0, 0.1) is 11.8 Å². The molecule has 168 valence electrons. The molecule has 2 aromatic carbocycles. The number of sulfonamides is 1. The van der Waals surface area contributed by atoms with Gasteiger partial charge in [-0.15, -0.1) is 0 Å². The second-order valence-corrected chi connectivity index (χ2v) is 10.3. The Kier molecular flexibility index (Phi) is 6.69. The molecule has 2 aromatic rings. The number of amides is 1. The summed E-state index contributed by atoms with van der Waals surface area (Å²) in [5.41, 5.74) is -1.04. The Morgan fingerprint density at radius 2 is 1.65 bits per heavy atom. The summed E-state index contributed by atoms with van der Waals surface area (Å²) in [7, 11) is -3.70. The lowest BCUT2D eigenvalue weighted by molar-refractivity contribution is -0.137. The smallest absolute Gasteiger partial charge is 0.321 e. The number of alkyl halides is 3. The first-order valence-electron chi connectivity index (χ1n) is 9.66. The molecular formula is C21H22ClF3N2O3S. The van der Waals surface area contributed by atoms with E-state index >= 15 is 0 Å². The Hall–Kier alpha value is -2.10. The first-order chi connectivity index (χ1) is 14.4. The zero-order valence-corrected chi connectivity index (χ0v) is 18.5. The molecule has 1 aliphatic rings. The van der Waals surface area contributed by atoms with Gasteiger partial charge in [0.2, 0.25) is 10.0 Å². The van der Waals surface area contributed by atoms with E-state index in [9.17, 15) is 26.4 Å². The van der Waals surface area contributed by atoms with E-state index in [-0.39, 0.29) is 33.0 Å². The van der Waals surface area contributed by atoms with Crippen molar-refractivity contribution in [1.29, 1.82) is 0 Å². The van der Waals surface area contributed by atoms with Crippen molar-refractivity contribution in [3.8, 4) is 0 Å². The molecular weight excluding hydrogens is 453 g/mol. The molecule has 1 fully saturated rings. The number of hydrogen-bond acceptors (Lipinski definition) is 3. The number of nitrogens with zero attached hydrogens (tertiary/aromatic N) is 1. The highest BCUT2D eigenvalue weighted by atomic mass is 35.5. The predicted octanol–water partition coefficient (Wildman–Crippen LogP) is 5.28. The fourth-order valence-corrected chi connectivity index (χ4v) is 5.57. The Bertz CT molecular complexity index is 1060. The van der Waals surface area contributed by atoms with Crippen LogP contribution in [0.3, 0.4) is 0 Å². The van der Waals surface area contributed by atoms with Gasteiger partial charge in [-0.2, -0.15) is 17.5 Å². The minimum Gasteiger partial charge on any atom is -0.321 e. The van der Waals surface area contributed by atoms with Crippen LogP contribution in [0.4, 0.5) is 18.9 Å². The van der Waals surface area contributed by atoms with Crippen LogP contribution in [0.25, 0.3) is 0 Å². The van der Waals surface area contributed by atoms with Gasteiger partial charge in [0.1, 0.15) is 0 Å². The van der Waals surface area contributed by atoms with E-state index in [1.165, 1.54) is 28.6 Å². The molecule has 0 bridgehead atoms. The maximum atomic E-state index is 12.9. The topological polar surface area (TPSA) is 66.5 Å². The lowest BCUT2D eigenvalue weighted by Gasteiger charge is -2.34. The average Bonchev–Trinajstić information content (AvgIpc) is 2.68. The molecule has 0 aliphatic carbocycles. The van der Waals surface area contributed by atoms with Crippen LogP contribution in [0.5, 0.6) is 0 Å². The molecule has 5 nitrogen and oxygen atoms in total. The van der Waals surface area contributed by atoms with E-state index in [0.29, 0.717) is 13.1 Å². The summed E-state index contributed by atoms with van der Waals surface area (Å²) < 4.78 is 66.0. The van der Waals surface area contributed by atoms with Gasteiger partial charge in [0, 0.05) is 18.7 Å².